The minimum atomic E-state index is -0.360. The van der Waals surface area contributed by atoms with Crippen LogP contribution in [-0.2, 0) is 4.74 Å². The number of likely N-dealkylation sites (tertiary alicyclic amines) is 1. The summed E-state index contributed by atoms with van der Waals surface area (Å²) in [6, 6.07) is 11.1. The van der Waals surface area contributed by atoms with Crippen LogP contribution in [0.1, 0.15) is 23.2 Å². The van der Waals surface area contributed by atoms with Crippen molar-refractivity contribution < 1.29 is 9.53 Å². The van der Waals surface area contributed by atoms with E-state index in [1.807, 2.05) is 29.2 Å². The van der Waals surface area contributed by atoms with Crippen LogP contribution in [0, 0.1) is 0 Å². The molecule has 0 unspecified atom stereocenters. The molecule has 1 fully saturated rings. The second kappa shape index (κ2) is 8.39. The lowest BCUT2D eigenvalue weighted by atomic mass is 9.84. The number of carbonyl (C=O) groups is 1. The number of nitrogens with one attached hydrogen (secondary N) is 2. The average molecular weight is 414 g/mol. The number of rotatable bonds is 4. The van der Waals surface area contributed by atoms with E-state index in [1.54, 1.807) is 25.4 Å². The van der Waals surface area contributed by atoms with Crippen molar-refractivity contribution in [3.63, 3.8) is 0 Å². The molecule has 7 nitrogen and oxygen atoms in total. The quantitative estimate of drug-likeness (QED) is 0.752. The first kappa shape index (κ1) is 19.7. The van der Waals surface area contributed by atoms with Crippen molar-refractivity contribution in [1.29, 1.82) is 0 Å². The van der Waals surface area contributed by atoms with Crippen LogP contribution in [0.25, 0.3) is 0 Å². The van der Waals surface area contributed by atoms with Gasteiger partial charge in [0, 0.05) is 26.4 Å². The molecule has 1 saturated heterocycles. The molecular formula is C21H24ClN5O2. The van der Waals surface area contributed by atoms with E-state index in [4.69, 9.17) is 21.3 Å². The van der Waals surface area contributed by atoms with Crippen molar-refractivity contribution >= 4 is 34.8 Å². The van der Waals surface area contributed by atoms with Crippen molar-refractivity contribution in [2.75, 3.05) is 44.0 Å². The number of pyridine rings is 1. The predicted octanol–water partition coefficient (Wildman–Crippen LogP) is 3.29. The molecule has 3 heterocycles. The number of hydrogen-bond acceptors (Lipinski definition) is 5. The molecule has 2 N–H and O–H groups in total. The highest BCUT2D eigenvalue weighted by Crippen LogP contribution is 2.36. The highest BCUT2D eigenvalue weighted by molar-refractivity contribution is 6.33. The van der Waals surface area contributed by atoms with Gasteiger partial charge in [0.25, 0.3) is 5.91 Å². The Bertz CT molecular complexity index is 925. The molecule has 2 aromatic rings. The van der Waals surface area contributed by atoms with Gasteiger partial charge in [-0.25, -0.2) is 4.98 Å². The van der Waals surface area contributed by atoms with Gasteiger partial charge in [0.05, 0.1) is 35.0 Å². The lowest BCUT2D eigenvalue weighted by Gasteiger charge is -2.46. The van der Waals surface area contributed by atoms with Gasteiger partial charge in [-0.1, -0.05) is 23.7 Å². The summed E-state index contributed by atoms with van der Waals surface area (Å²) in [5, 5.41) is 7.52. The molecule has 29 heavy (non-hydrogen) atoms. The van der Waals surface area contributed by atoms with Gasteiger partial charge >= 0.3 is 0 Å². The number of amidine groups is 1. The Morgan fingerprint density at radius 3 is 2.83 bits per heavy atom. The van der Waals surface area contributed by atoms with Crippen LogP contribution in [0.2, 0.25) is 5.02 Å². The number of aromatic nitrogens is 1. The Hall–Kier alpha value is -2.64. The fraction of sp³-hybridized carbons (Fsp3) is 0.381. The number of methoxy groups -OCH3 is 1. The molecule has 8 heteroatoms. The zero-order valence-electron chi connectivity index (χ0n) is 16.3. The van der Waals surface area contributed by atoms with Gasteiger partial charge in [-0.3, -0.25) is 9.79 Å². The molecule has 2 aliphatic heterocycles. The number of benzene rings is 1. The van der Waals surface area contributed by atoms with Crippen molar-refractivity contribution in [3.8, 4) is 0 Å². The smallest absolute Gasteiger partial charge is 0.255 e. The normalized spacial score (nSPS) is 18.8. The summed E-state index contributed by atoms with van der Waals surface area (Å²) in [6.07, 6.45) is 3.22. The van der Waals surface area contributed by atoms with Crippen molar-refractivity contribution in [2.24, 2.45) is 4.99 Å². The summed E-state index contributed by atoms with van der Waals surface area (Å²) < 4.78 is 5.15. The molecule has 0 bridgehead atoms. The molecule has 1 aromatic carbocycles. The fourth-order valence-electron chi connectivity index (χ4n) is 3.85. The summed E-state index contributed by atoms with van der Waals surface area (Å²) in [5.41, 5.74) is 1.13. The van der Waals surface area contributed by atoms with Crippen LogP contribution < -0.4 is 10.6 Å². The standard InChI is InChI=1S/C21H24ClN5O2/c1-29-14-11-24-20-21(26-17-7-4-10-23-18(17)25-20)8-12-27(13-9-21)19(28)15-5-2-3-6-16(15)22/h2-7,10,26H,8-9,11-14H2,1H3,(H,23,24,25). The fourth-order valence-corrected chi connectivity index (χ4v) is 4.07. The molecule has 152 valence electrons. The highest BCUT2D eigenvalue weighted by Gasteiger charge is 2.43. The first-order valence-corrected chi connectivity index (χ1v) is 10.1. The number of hydrogen-bond donors (Lipinski definition) is 2. The first-order valence-electron chi connectivity index (χ1n) is 9.71. The van der Waals surface area contributed by atoms with Crippen LogP contribution >= 0.6 is 11.6 Å². The summed E-state index contributed by atoms with van der Waals surface area (Å²) >= 11 is 6.22. The monoisotopic (exact) mass is 413 g/mol. The number of piperidine rings is 1. The molecule has 0 aliphatic carbocycles. The molecule has 0 radical (unpaired) electrons. The molecule has 2 aliphatic rings. The second-order valence-corrected chi connectivity index (χ2v) is 7.63. The Kier molecular flexibility index (Phi) is 5.69. The van der Waals surface area contributed by atoms with Crippen LogP contribution in [0.3, 0.4) is 0 Å². The van der Waals surface area contributed by atoms with E-state index in [-0.39, 0.29) is 11.4 Å². The van der Waals surface area contributed by atoms with Crippen molar-refractivity contribution in [3.05, 3.63) is 53.2 Å². The number of fused-ring (bicyclic) bond motifs is 1. The highest BCUT2D eigenvalue weighted by atomic mass is 35.5. The number of amides is 1. The molecule has 0 atom stereocenters. The zero-order valence-corrected chi connectivity index (χ0v) is 17.1. The van der Waals surface area contributed by atoms with E-state index in [2.05, 4.69) is 15.6 Å². The molecule has 1 aromatic heterocycles. The van der Waals surface area contributed by atoms with Crippen molar-refractivity contribution in [2.45, 2.75) is 18.4 Å². The molecule has 0 saturated carbocycles. The van der Waals surface area contributed by atoms with E-state index >= 15 is 0 Å². The van der Waals surface area contributed by atoms with Crippen molar-refractivity contribution in [1.82, 2.24) is 9.88 Å². The third-order valence-corrected chi connectivity index (χ3v) is 5.78. The zero-order chi connectivity index (χ0) is 20.3. The van der Waals surface area contributed by atoms with Gasteiger partial charge in [-0.2, -0.15) is 0 Å². The van der Waals surface area contributed by atoms with E-state index in [1.165, 1.54) is 0 Å². The Morgan fingerprint density at radius 1 is 1.28 bits per heavy atom. The molecule has 4 rings (SSSR count). The number of anilines is 2. The van der Waals surface area contributed by atoms with Gasteiger partial charge in [0.2, 0.25) is 0 Å². The summed E-state index contributed by atoms with van der Waals surface area (Å²) in [4.78, 5) is 23.9. The summed E-state index contributed by atoms with van der Waals surface area (Å²) in [5.74, 6) is 1.59. The number of carbonyl (C=O) groups excluding carboxylic acids is 1. The molecule has 1 spiro atoms. The van der Waals surface area contributed by atoms with Gasteiger partial charge in [-0.15, -0.1) is 0 Å². The first-order chi connectivity index (χ1) is 14.1. The second-order valence-electron chi connectivity index (χ2n) is 7.23. The van der Waals surface area contributed by atoms with Crippen LogP contribution in [-0.4, -0.2) is 60.5 Å². The maximum Gasteiger partial charge on any atom is 0.255 e. The van der Waals surface area contributed by atoms with Crippen LogP contribution in [0.4, 0.5) is 11.5 Å². The third kappa shape index (κ3) is 3.93. The lowest BCUT2D eigenvalue weighted by Crippen LogP contribution is -2.59. The summed E-state index contributed by atoms with van der Waals surface area (Å²) in [6.45, 7) is 2.33. The van der Waals surface area contributed by atoms with E-state index in [0.29, 0.717) is 36.8 Å². The van der Waals surface area contributed by atoms with E-state index in [0.717, 1.165) is 30.2 Å². The van der Waals surface area contributed by atoms with Gasteiger partial charge in [0.15, 0.2) is 5.82 Å². The largest absolute Gasteiger partial charge is 0.383 e. The Balaban J connectivity index is 1.55. The van der Waals surface area contributed by atoms with Crippen LogP contribution in [0.5, 0.6) is 0 Å². The number of aliphatic imine (C=N–C) groups is 1. The summed E-state index contributed by atoms with van der Waals surface area (Å²) in [7, 11) is 1.66. The van der Waals surface area contributed by atoms with Gasteiger partial charge in [-0.05, 0) is 37.1 Å². The number of halogens is 1. The predicted molar refractivity (Wildman–Crippen MR) is 115 cm³/mol. The third-order valence-electron chi connectivity index (χ3n) is 5.45. The van der Waals surface area contributed by atoms with Crippen LogP contribution in [0.15, 0.2) is 47.6 Å². The average Bonchev–Trinajstić information content (AvgIpc) is 2.75. The minimum absolute atomic E-state index is 0.0332. The SMILES string of the molecule is COCCN=C1Nc2ncccc2NC12CCN(C(=O)c1ccccc1Cl)CC2. The Morgan fingerprint density at radius 2 is 2.07 bits per heavy atom. The lowest BCUT2D eigenvalue weighted by molar-refractivity contribution is 0.0705. The topological polar surface area (TPSA) is 78.8 Å². The molecular weight excluding hydrogens is 390 g/mol. The number of ether oxygens (including phenoxy) is 1. The maximum absolute atomic E-state index is 12.9. The van der Waals surface area contributed by atoms with Gasteiger partial charge in [0.1, 0.15) is 5.84 Å². The van der Waals surface area contributed by atoms with Gasteiger partial charge < -0.3 is 20.3 Å². The maximum atomic E-state index is 12.9. The molecule has 1 amide bonds. The van der Waals surface area contributed by atoms with E-state index < -0.39 is 0 Å². The minimum Gasteiger partial charge on any atom is -0.383 e. The van der Waals surface area contributed by atoms with E-state index in [9.17, 15) is 4.79 Å². The Labute approximate surface area is 175 Å². The number of nitrogens with zero attached hydrogens (tertiary/aromatic N) is 3.